The summed E-state index contributed by atoms with van der Waals surface area (Å²) in [5.41, 5.74) is 2.20. The summed E-state index contributed by atoms with van der Waals surface area (Å²) >= 11 is 6.50. The van der Waals surface area contributed by atoms with Crippen LogP contribution in [0.4, 0.5) is 0 Å². The molecule has 0 bridgehead atoms. The molecule has 2 aromatic carbocycles. The molecule has 106 valence electrons. The molecule has 0 aliphatic heterocycles. The standard InChI is InChI=1S/C17H19ClO2/c1-3-20-15-10-8-13(9-11-15)16(18)12-14-6-4-5-7-17(14)19-2/h4-11,16H,3,12H2,1-2H3. The van der Waals surface area contributed by atoms with Gasteiger partial charge in [0.1, 0.15) is 11.5 Å². The number of ether oxygens (including phenoxy) is 2. The van der Waals surface area contributed by atoms with Crippen LogP contribution < -0.4 is 9.47 Å². The van der Waals surface area contributed by atoms with Gasteiger partial charge in [-0.15, -0.1) is 11.6 Å². The van der Waals surface area contributed by atoms with Crippen molar-refractivity contribution in [2.24, 2.45) is 0 Å². The summed E-state index contributed by atoms with van der Waals surface area (Å²) < 4.78 is 10.8. The molecule has 3 heteroatoms. The Labute approximate surface area is 125 Å². The van der Waals surface area contributed by atoms with Crippen LogP contribution >= 0.6 is 11.6 Å². The molecular formula is C17H19ClO2. The van der Waals surface area contributed by atoms with Crippen LogP contribution in [0, 0.1) is 0 Å². The second kappa shape index (κ2) is 7.20. The highest BCUT2D eigenvalue weighted by Crippen LogP contribution is 2.30. The minimum absolute atomic E-state index is 0.0815. The number of para-hydroxylation sites is 1. The Morgan fingerprint density at radius 3 is 2.40 bits per heavy atom. The van der Waals surface area contributed by atoms with Crippen molar-refractivity contribution < 1.29 is 9.47 Å². The van der Waals surface area contributed by atoms with Gasteiger partial charge in [-0.3, -0.25) is 0 Å². The Bertz CT molecular complexity index is 537. The van der Waals surface area contributed by atoms with Gasteiger partial charge in [-0.05, 0) is 42.7 Å². The van der Waals surface area contributed by atoms with Crippen LogP contribution in [0.5, 0.6) is 11.5 Å². The fraction of sp³-hybridized carbons (Fsp3) is 0.294. The molecule has 1 atom stereocenters. The molecule has 0 amide bonds. The molecule has 1 unspecified atom stereocenters. The maximum atomic E-state index is 6.50. The van der Waals surface area contributed by atoms with Gasteiger partial charge in [0.2, 0.25) is 0 Å². The number of benzene rings is 2. The van der Waals surface area contributed by atoms with Crippen LogP contribution in [-0.4, -0.2) is 13.7 Å². The number of rotatable bonds is 6. The first-order valence-corrected chi connectivity index (χ1v) is 7.17. The van der Waals surface area contributed by atoms with Crippen LogP contribution in [0.2, 0.25) is 0 Å². The quantitative estimate of drug-likeness (QED) is 0.723. The van der Waals surface area contributed by atoms with E-state index in [0.29, 0.717) is 6.61 Å². The van der Waals surface area contributed by atoms with Crippen LogP contribution in [0.25, 0.3) is 0 Å². The summed E-state index contributed by atoms with van der Waals surface area (Å²) in [5, 5.41) is -0.0815. The molecule has 0 aromatic heterocycles. The number of hydrogen-bond donors (Lipinski definition) is 0. The third kappa shape index (κ3) is 3.67. The highest BCUT2D eigenvalue weighted by atomic mass is 35.5. The van der Waals surface area contributed by atoms with E-state index in [-0.39, 0.29) is 5.38 Å². The molecule has 0 aliphatic carbocycles. The molecule has 0 aliphatic rings. The van der Waals surface area contributed by atoms with E-state index in [9.17, 15) is 0 Å². The van der Waals surface area contributed by atoms with Gasteiger partial charge >= 0.3 is 0 Å². The van der Waals surface area contributed by atoms with Crippen molar-refractivity contribution in [3.05, 3.63) is 59.7 Å². The fourth-order valence-corrected chi connectivity index (χ4v) is 2.43. The van der Waals surface area contributed by atoms with Gasteiger partial charge < -0.3 is 9.47 Å². The summed E-state index contributed by atoms with van der Waals surface area (Å²) in [6.07, 6.45) is 0.736. The monoisotopic (exact) mass is 290 g/mol. The molecule has 0 radical (unpaired) electrons. The molecule has 2 rings (SSSR count). The van der Waals surface area contributed by atoms with Crippen LogP contribution in [-0.2, 0) is 6.42 Å². The lowest BCUT2D eigenvalue weighted by Crippen LogP contribution is -1.99. The van der Waals surface area contributed by atoms with E-state index in [0.717, 1.165) is 29.0 Å². The van der Waals surface area contributed by atoms with Crippen molar-refractivity contribution in [1.82, 2.24) is 0 Å². The average molecular weight is 291 g/mol. The predicted molar refractivity (Wildman–Crippen MR) is 82.9 cm³/mol. The molecule has 0 fully saturated rings. The molecule has 0 heterocycles. The third-order valence-corrected chi connectivity index (χ3v) is 3.55. The normalized spacial score (nSPS) is 11.9. The maximum Gasteiger partial charge on any atom is 0.122 e. The van der Waals surface area contributed by atoms with Crippen LogP contribution in [0.1, 0.15) is 23.4 Å². The first kappa shape index (κ1) is 14.7. The van der Waals surface area contributed by atoms with E-state index in [1.165, 1.54) is 0 Å². The number of alkyl halides is 1. The zero-order valence-electron chi connectivity index (χ0n) is 11.8. The molecule has 20 heavy (non-hydrogen) atoms. The van der Waals surface area contributed by atoms with Gasteiger partial charge in [0.25, 0.3) is 0 Å². The smallest absolute Gasteiger partial charge is 0.122 e. The van der Waals surface area contributed by atoms with Crippen LogP contribution in [0.15, 0.2) is 48.5 Å². The third-order valence-electron chi connectivity index (χ3n) is 3.14. The van der Waals surface area contributed by atoms with Crippen molar-refractivity contribution >= 4 is 11.6 Å². The van der Waals surface area contributed by atoms with E-state index in [1.54, 1.807) is 7.11 Å². The summed E-state index contributed by atoms with van der Waals surface area (Å²) in [5.74, 6) is 1.75. The van der Waals surface area contributed by atoms with E-state index in [1.807, 2.05) is 55.5 Å². The van der Waals surface area contributed by atoms with Crippen molar-refractivity contribution in [1.29, 1.82) is 0 Å². The molecular weight excluding hydrogens is 272 g/mol. The number of halogens is 1. The van der Waals surface area contributed by atoms with Gasteiger partial charge in [0, 0.05) is 0 Å². The Hall–Kier alpha value is -1.67. The van der Waals surface area contributed by atoms with Crippen molar-refractivity contribution in [3.8, 4) is 11.5 Å². The summed E-state index contributed by atoms with van der Waals surface area (Å²) in [7, 11) is 1.68. The molecule has 0 spiro atoms. The summed E-state index contributed by atoms with van der Waals surface area (Å²) in [6.45, 7) is 2.64. The highest BCUT2D eigenvalue weighted by Gasteiger charge is 2.12. The fourth-order valence-electron chi connectivity index (χ4n) is 2.12. The van der Waals surface area contributed by atoms with E-state index < -0.39 is 0 Å². The Morgan fingerprint density at radius 1 is 1.05 bits per heavy atom. The summed E-state index contributed by atoms with van der Waals surface area (Å²) in [6, 6.07) is 15.9. The van der Waals surface area contributed by atoms with Gasteiger partial charge in [-0.1, -0.05) is 30.3 Å². The maximum absolute atomic E-state index is 6.50. The molecule has 2 aromatic rings. The molecule has 0 N–H and O–H groups in total. The number of methoxy groups -OCH3 is 1. The van der Waals surface area contributed by atoms with E-state index in [4.69, 9.17) is 21.1 Å². The zero-order valence-corrected chi connectivity index (χ0v) is 12.6. The van der Waals surface area contributed by atoms with E-state index >= 15 is 0 Å². The van der Waals surface area contributed by atoms with Crippen molar-refractivity contribution in [3.63, 3.8) is 0 Å². The number of hydrogen-bond acceptors (Lipinski definition) is 2. The lowest BCUT2D eigenvalue weighted by Gasteiger charge is -2.13. The largest absolute Gasteiger partial charge is 0.496 e. The highest BCUT2D eigenvalue weighted by molar-refractivity contribution is 6.20. The first-order valence-electron chi connectivity index (χ1n) is 6.73. The Balaban J connectivity index is 2.09. The van der Waals surface area contributed by atoms with Gasteiger partial charge in [0.15, 0.2) is 0 Å². The first-order chi connectivity index (χ1) is 9.74. The van der Waals surface area contributed by atoms with Gasteiger partial charge in [-0.2, -0.15) is 0 Å². The van der Waals surface area contributed by atoms with E-state index in [2.05, 4.69) is 0 Å². The lowest BCUT2D eigenvalue weighted by atomic mass is 10.0. The average Bonchev–Trinajstić information content (AvgIpc) is 2.49. The SMILES string of the molecule is CCOc1ccc(C(Cl)Cc2ccccc2OC)cc1. The second-order valence-electron chi connectivity index (χ2n) is 4.49. The zero-order chi connectivity index (χ0) is 14.4. The molecule has 0 saturated heterocycles. The van der Waals surface area contributed by atoms with Crippen molar-refractivity contribution in [2.75, 3.05) is 13.7 Å². The lowest BCUT2D eigenvalue weighted by molar-refractivity contribution is 0.340. The Morgan fingerprint density at radius 2 is 1.75 bits per heavy atom. The second-order valence-corrected chi connectivity index (χ2v) is 5.01. The van der Waals surface area contributed by atoms with Gasteiger partial charge in [0.05, 0.1) is 19.1 Å². The van der Waals surface area contributed by atoms with Gasteiger partial charge in [-0.25, -0.2) is 0 Å². The topological polar surface area (TPSA) is 18.5 Å². The van der Waals surface area contributed by atoms with Crippen LogP contribution in [0.3, 0.4) is 0 Å². The minimum Gasteiger partial charge on any atom is -0.496 e. The minimum atomic E-state index is -0.0815. The predicted octanol–water partition coefficient (Wildman–Crippen LogP) is 4.62. The molecule has 2 nitrogen and oxygen atoms in total. The molecule has 0 saturated carbocycles. The van der Waals surface area contributed by atoms with Crippen molar-refractivity contribution in [2.45, 2.75) is 18.7 Å². The Kier molecular flexibility index (Phi) is 5.31. The summed E-state index contributed by atoms with van der Waals surface area (Å²) in [4.78, 5) is 0.